The minimum Gasteiger partial charge on any atom is -0.508 e. The molecule has 3 aromatic rings. The van der Waals surface area contributed by atoms with Crippen molar-refractivity contribution < 1.29 is 32.9 Å². The summed E-state index contributed by atoms with van der Waals surface area (Å²) < 4.78 is 98.0. The van der Waals surface area contributed by atoms with Crippen molar-refractivity contribution in [2.45, 2.75) is 62.1 Å². The van der Waals surface area contributed by atoms with Crippen LogP contribution in [0.4, 0.5) is 23.4 Å². The second kappa shape index (κ2) is 9.95. The number of phenolic OH excluding ortho intramolecular Hbond substituents is 1. The van der Waals surface area contributed by atoms with Gasteiger partial charge in [0.05, 0.1) is 29.9 Å². The number of phenols is 1. The molecule has 0 aliphatic carbocycles. The molecule has 5 aliphatic rings. The van der Waals surface area contributed by atoms with Crippen LogP contribution in [0.1, 0.15) is 43.2 Å². The van der Waals surface area contributed by atoms with Gasteiger partial charge in [-0.1, -0.05) is 11.6 Å². The second-order valence-corrected chi connectivity index (χ2v) is 11.6. The first-order chi connectivity index (χ1) is 21.5. The first kappa shape index (κ1) is 23.3. The normalized spacial score (nSPS) is 30.6. The fourth-order valence-corrected chi connectivity index (χ4v) is 6.93. The molecule has 7 heterocycles. The molecule has 8 rings (SSSR count). The van der Waals surface area contributed by atoms with Gasteiger partial charge >= 0.3 is 12.2 Å². The first-order valence-corrected chi connectivity index (χ1v) is 14.0. The highest BCUT2D eigenvalue weighted by atomic mass is 35.5. The number of benzene rings is 1. The first-order valence-electron chi connectivity index (χ1n) is 15.7. The number of hydrogen-bond acceptors (Lipinski definition) is 8. The van der Waals surface area contributed by atoms with Gasteiger partial charge in [-0.25, -0.2) is 4.39 Å². The molecular formula is C28H29ClF4N6O3. The van der Waals surface area contributed by atoms with Crippen molar-refractivity contribution in [1.29, 1.82) is 0 Å². The number of piperazine rings is 1. The van der Waals surface area contributed by atoms with Crippen LogP contribution in [0.2, 0.25) is 5.02 Å². The SMILES string of the molecule is [2H]C1([2H])CC[C@@]2(C([2H])([2H])Oc3nc(N4CC5CCC4CN5)c4ccn(-c5cc(O)cc(Cl)c5C(F)(F)F)c(=O)c4n3)C[C@@H](F)CN12. The summed E-state index contributed by atoms with van der Waals surface area (Å²) in [6, 6.07) is 2.27. The number of alkyl halides is 4. The predicted molar refractivity (Wildman–Crippen MR) is 148 cm³/mol. The summed E-state index contributed by atoms with van der Waals surface area (Å²) in [4.78, 5) is 25.8. The number of anilines is 1. The molecule has 2 N–H and O–H groups in total. The molecule has 5 saturated heterocycles. The van der Waals surface area contributed by atoms with Gasteiger partial charge in [0, 0.05) is 53.1 Å². The van der Waals surface area contributed by atoms with E-state index in [9.17, 15) is 27.5 Å². The van der Waals surface area contributed by atoms with E-state index in [4.69, 9.17) is 21.8 Å². The Balaban J connectivity index is 1.40. The number of ether oxygens (including phenoxy) is 1. The summed E-state index contributed by atoms with van der Waals surface area (Å²) in [5.41, 5.74) is -5.22. The number of halogens is 5. The van der Waals surface area contributed by atoms with Crippen LogP contribution in [0.3, 0.4) is 0 Å². The van der Waals surface area contributed by atoms with Crippen molar-refractivity contribution in [1.82, 2.24) is 24.8 Å². The number of nitrogens with zero attached hydrogens (tertiary/aromatic N) is 5. The summed E-state index contributed by atoms with van der Waals surface area (Å²) in [7, 11) is 0. The number of piperidine rings is 2. The Bertz CT molecular complexity index is 1790. The van der Waals surface area contributed by atoms with Crippen molar-refractivity contribution in [2.24, 2.45) is 0 Å². The Morgan fingerprint density at radius 1 is 1.29 bits per heavy atom. The summed E-state index contributed by atoms with van der Waals surface area (Å²) in [6.45, 7) is -3.97. The third-order valence-corrected chi connectivity index (χ3v) is 8.86. The van der Waals surface area contributed by atoms with Gasteiger partial charge in [0.2, 0.25) is 0 Å². The molecule has 5 aliphatic heterocycles. The molecule has 1 aromatic carbocycles. The van der Waals surface area contributed by atoms with Gasteiger partial charge in [-0.05, 0) is 44.3 Å². The molecule has 9 nitrogen and oxygen atoms in total. The molecule has 0 saturated carbocycles. The maximum atomic E-state index is 14.7. The van der Waals surface area contributed by atoms with Crippen LogP contribution in [-0.4, -0.2) is 81.0 Å². The molecule has 224 valence electrons. The fraction of sp³-hybridized carbons (Fsp3) is 0.536. The number of hydrogen-bond donors (Lipinski definition) is 2. The highest BCUT2D eigenvalue weighted by Crippen LogP contribution is 2.42. The molecule has 2 aromatic heterocycles. The van der Waals surface area contributed by atoms with Crippen LogP contribution in [0.15, 0.2) is 29.2 Å². The summed E-state index contributed by atoms with van der Waals surface area (Å²) in [5.74, 6) is -0.396. The smallest absolute Gasteiger partial charge is 0.419 e. The maximum Gasteiger partial charge on any atom is 0.419 e. The highest BCUT2D eigenvalue weighted by molar-refractivity contribution is 6.31. The van der Waals surface area contributed by atoms with E-state index in [1.165, 1.54) is 6.07 Å². The van der Waals surface area contributed by atoms with Gasteiger partial charge in [-0.15, -0.1) is 0 Å². The van der Waals surface area contributed by atoms with Crippen molar-refractivity contribution in [2.75, 3.05) is 37.6 Å². The van der Waals surface area contributed by atoms with Gasteiger partial charge in [0.25, 0.3) is 5.56 Å². The van der Waals surface area contributed by atoms with Gasteiger partial charge < -0.3 is 20.1 Å². The molecule has 0 radical (unpaired) electrons. The number of nitrogens with one attached hydrogen (secondary N) is 1. The van der Waals surface area contributed by atoms with Crippen LogP contribution in [0, 0.1) is 0 Å². The summed E-state index contributed by atoms with van der Waals surface area (Å²) >= 11 is 5.88. The molecule has 14 heteroatoms. The van der Waals surface area contributed by atoms with Crippen molar-refractivity contribution >= 4 is 28.3 Å². The molecule has 0 amide bonds. The topological polar surface area (TPSA) is 95.8 Å². The lowest BCUT2D eigenvalue weighted by molar-refractivity contribution is -0.137. The van der Waals surface area contributed by atoms with Crippen LogP contribution >= 0.6 is 11.6 Å². The van der Waals surface area contributed by atoms with Gasteiger partial charge in [0.1, 0.15) is 29.8 Å². The van der Waals surface area contributed by atoms with Crippen LogP contribution in [0.25, 0.3) is 16.6 Å². The van der Waals surface area contributed by atoms with E-state index in [2.05, 4.69) is 15.3 Å². The quantitative estimate of drug-likeness (QED) is 0.417. The minimum absolute atomic E-state index is 0.0549. The van der Waals surface area contributed by atoms with Gasteiger partial charge in [-0.3, -0.25) is 14.3 Å². The fourth-order valence-electron chi connectivity index (χ4n) is 6.61. The van der Waals surface area contributed by atoms with Gasteiger partial charge in [-0.2, -0.15) is 23.1 Å². The van der Waals surface area contributed by atoms with Crippen LogP contribution < -0.4 is 20.5 Å². The predicted octanol–water partition coefficient (Wildman–Crippen LogP) is 4.05. The Morgan fingerprint density at radius 2 is 2.12 bits per heavy atom. The number of rotatable bonds is 5. The summed E-state index contributed by atoms with van der Waals surface area (Å²) in [6.07, 6.45) is -4.17. The number of fused-ring (bicyclic) bond motifs is 5. The minimum atomic E-state index is -5.00. The number of aromatic nitrogens is 3. The van der Waals surface area contributed by atoms with E-state index >= 15 is 0 Å². The number of aromatic hydroxyl groups is 1. The Labute approximate surface area is 248 Å². The molecule has 2 unspecified atom stereocenters. The van der Waals surface area contributed by atoms with Gasteiger partial charge in [0.15, 0.2) is 0 Å². The molecule has 4 atom stereocenters. The average molecular weight is 613 g/mol. The third kappa shape index (κ3) is 4.56. The average Bonchev–Trinajstić information content (AvgIpc) is 3.46. The van der Waals surface area contributed by atoms with E-state index < -0.39 is 64.5 Å². The Morgan fingerprint density at radius 3 is 2.83 bits per heavy atom. The standard InChI is InChI=1S/C28H29ClF4N6O3/c29-20-8-18(40)9-21(22(20)28(31,32)33)38-7-4-19-23(25(38)41)35-26(36-24(19)39-13-16-2-3-17(39)11-34-16)42-14-27-5-1-6-37(27)12-15(30)10-27/h4,7-9,15-17,34,40H,1-3,5-6,10-14H2/t15-,16?,17?,27+/m1/s1/i6D2,14D2. The molecule has 5 fully saturated rings. The highest BCUT2D eigenvalue weighted by Gasteiger charge is 2.49. The zero-order valence-electron chi connectivity index (χ0n) is 26.1. The van der Waals surface area contributed by atoms with Crippen LogP contribution in [-0.2, 0) is 6.18 Å². The zero-order valence-corrected chi connectivity index (χ0v) is 22.8. The number of pyridine rings is 1. The maximum absolute atomic E-state index is 14.7. The van der Waals surface area contributed by atoms with Crippen molar-refractivity contribution in [3.63, 3.8) is 0 Å². The molecule has 42 heavy (non-hydrogen) atoms. The van der Waals surface area contributed by atoms with E-state index in [1.807, 2.05) is 4.90 Å². The zero-order chi connectivity index (χ0) is 33.0. The van der Waals surface area contributed by atoms with E-state index in [-0.39, 0.29) is 54.6 Å². The van der Waals surface area contributed by atoms with E-state index in [0.717, 1.165) is 30.0 Å². The molecule has 0 spiro atoms. The molecular weight excluding hydrogens is 580 g/mol. The Hall–Kier alpha value is -3.16. The van der Waals surface area contributed by atoms with Crippen molar-refractivity contribution in [3.05, 3.63) is 45.3 Å². The van der Waals surface area contributed by atoms with E-state index in [1.54, 1.807) is 0 Å². The van der Waals surface area contributed by atoms with E-state index in [0.29, 0.717) is 23.7 Å². The lowest BCUT2D eigenvalue weighted by atomic mass is 9.93. The monoisotopic (exact) mass is 612 g/mol. The van der Waals surface area contributed by atoms with Crippen molar-refractivity contribution in [3.8, 4) is 17.4 Å². The lowest BCUT2D eigenvalue weighted by Gasteiger charge is -2.46. The van der Waals surface area contributed by atoms with Crippen LogP contribution in [0.5, 0.6) is 11.8 Å². The molecule has 2 bridgehead atoms. The third-order valence-electron chi connectivity index (χ3n) is 8.56. The lowest BCUT2D eigenvalue weighted by Crippen LogP contribution is -2.61. The Kier molecular flexibility index (Phi) is 5.52. The summed E-state index contributed by atoms with van der Waals surface area (Å²) in [5, 5.41) is 12.9. The largest absolute Gasteiger partial charge is 0.508 e. The second-order valence-electron chi connectivity index (χ2n) is 11.2.